The molecule has 1 aromatic heterocycles. The van der Waals surface area contributed by atoms with Crippen molar-refractivity contribution in [2.45, 2.75) is 31.7 Å². The lowest BCUT2D eigenvalue weighted by atomic mass is 10.2. The summed E-state index contributed by atoms with van der Waals surface area (Å²) in [5.41, 5.74) is 0.172. The Labute approximate surface area is 177 Å². The number of aromatic nitrogens is 2. The molecule has 1 aromatic carbocycles. The van der Waals surface area contributed by atoms with Gasteiger partial charge in [-0.1, -0.05) is 21.9 Å². The molecule has 2 N–H and O–H groups in total. The fraction of sp³-hybridized carbons (Fsp3) is 0.412. The number of oxime groups is 1. The number of amidine groups is 1. The van der Waals surface area contributed by atoms with Crippen molar-refractivity contribution < 1.29 is 36.6 Å². The van der Waals surface area contributed by atoms with Crippen LogP contribution in [0.2, 0.25) is 5.02 Å². The van der Waals surface area contributed by atoms with E-state index < -0.39 is 23.8 Å². The van der Waals surface area contributed by atoms with Gasteiger partial charge in [0.05, 0.1) is 11.1 Å². The quantitative estimate of drug-likeness (QED) is 0.211. The molecule has 14 heteroatoms. The first kappa shape index (κ1) is 22.9. The van der Waals surface area contributed by atoms with Gasteiger partial charge < -0.3 is 20.2 Å². The van der Waals surface area contributed by atoms with E-state index in [0.29, 0.717) is 13.2 Å². The minimum absolute atomic E-state index is 0.0312. The van der Waals surface area contributed by atoms with Gasteiger partial charge in [-0.15, -0.1) is 0 Å². The van der Waals surface area contributed by atoms with E-state index in [1.165, 1.54) is 6.07 Å². The molecule has 9 nitrogen and oxygen atoms in total. The highest BCUT2D eigenvalue weighted by molar-refractivity contribution is 6.31. The highest BCUT2D eigenvalue weighted by Crippen LogP contribution is 2.21. The lowest BCUT2D eigenvalue weighted by Crippen LogP contribution is -2.28. The largest absolute Gasteiger partial charge is 0.493 e. The maximum atomic E-state index is 13.4. The SMILES string of the molecule is O=C(ON=C(Nc1ccc(F)c(Cl)c1)c1nonc1CNCC1CCCO1)C(F)(F)F. The lowest BCUT2D eigenvalue weighted by Gasteiger charge is -2.11. The Morgan fingerprint density at radius 2 is 2.16 bits per heavy atom. The third-order valence-corrected chi connectivity index (χ3v) is 4.39. The molecule has 2 aromatic rings. The topological polar surface area (TPSA) is 111 Å². The molecule has 0 radical (unpaired) electrons. The van der Waals surface area contributed by atoms with Gasteiger partial charge in [0.15, 0.2) is 5.69 Å². The number of halogens is 5. The highest BCUT2D eigenvalue weighted by atomic mass is 35.5. The number of carbonyl (C=O) groups excluding carboxylic acids is 1. The third-order valence-electron chi connectivity index (χ3n) is 4.10. The summed E-state index contributed by atoms with van der Waals surface area (Å²) in [4.78, 5) is 15.0. The van der Waals surface area contributed by atoms with Gasteiger partial charge in [0, 0.05) is 25.4 Å². The van der Waals surface area contributed by atoms with E-state index in [4.69, 9.17) is 16.3 Å². The summed E-state index contributed by atoms with van der Waals surface area (Å²) in [5, 5.41) is 15.9. The van der Waals surface area contributed by atoms with E-state index in [1.54, 1.807) is 0 Å². The minimum atomic E-state index is -5.26. The fourth-order valence-corrected chi connectivity index (χ4v) is 2.81. The molecule has 1 fully saturated rings. The second kappa shape index (κ2) is 10.0. The van der Waals surface area contributed by atoms with Crippen LogP contribution in [0.15, 0.2) is 28.0 Å². The van der Waals surface area contributed by atoms with E-state index in [0.717, 1.165) is 25.0 Å². The highest BCUT2D eigenvalue weighted by Gasteiger charge is 2.42. The van der Waals surface area contributed by atoms with Crippen molar-refractivity contribution in [3.8, 4) is 0 Å². The standard InChI is InChI=1S/C17H16ClF4N5O4/c18-11-6-9(3-4-12(11)19)24-15(27-30-16(28)17(20,21)22)14-13(25-31-26-14)8-23-7-10-2-1-5-29-10/h3-4,6,10,23H,1-2,5,7-8H2,(H,24,27). The molecule has 0 amide bonds. The zero-order valence-corrected chi connectivity index (χ0v) is 16.5. The van der Waals surface area contributed by atoms with Gasteiger partial charge in [0.2, 0.25) is 5.84 Å². The van der Waals surface area contributed by atoms with Crippen LogP contribution in [0.4, 0.5) is 23.2 Å². The lowest BCUT2D eigenvalue weighted by molar-refractivity contribution is -0.199. The number of hydrogen-bond donors (Lipinski definition) is 2. The van der Waals surface area contributed by atoms with Crippen LogP contribution < -0.4 is 10.6 Å². The fourth-order valence-electron chi connectivity index (χ4n) is 2.63. The summed E-state index contributed by atoms with van der Waals surface area (Å²) in [5.74, 6) is -3.69. The molecular weight excluding hydrogens is 450 g/mol. The van der Waals surface area contributed by atoms with Gasteiger partial charge in [-0.05, 0) is 36.2 Å². The van der Waals surface area contributed by atoms with E-state index in [9.17, 15) is 22.4 Å². The summed E-state index contributed by atoms with van der Waals surface area (Å²) < 4.78 is 60.9. The molecule has 2 heterocycles. The second-order valence-corrected chi connectivity index (χ2v) is 6.80. The number of anilines is 1. The summed E-state index contributed by atoms with van der Waals surface area (Å²) in [6, 6.07) is 3.42. The number of nitrogens with zero attached hydrogens (tertiary/aromatic N) is 3. The molecule has 0 spiro atoms. The first-order valence-corrected chi connectivity index (χ1v) is 9.34. The molecule has 0 saturated carbocycles. The smallest absolute Gasteiger partial charge is 0.377 e. The van der Waals surface area contributed by atoms with Crippen molar-refractivity contribution in [2.24, 2.45) is 5.16 Å². The predicted molar refractivity (Wildman–Crippen MR) is 98.7 cm³/mol. The van der Waals surface area contributed by atoms with Crippen LogP contribution in [0.25, 0.3) is 0 Å². The van der Waals surface area contributed by atoms with Crippen molar-refractivity contribution in [1.29, 1.82) is 0 Å². The first-order valence-electron chi connectivity index (χ1n) is 8.96. The van der Waals surface area contributed by atoms with Crippen LogP contribution in [0, 0.1) is 5.82 Å². The summed E-state index contributed by atoms with van der Waals surface area (Å²) >= 11 is 5.71. The van der Waals surface area contributed by atoms with Crippen LogP contribution in [0.5, 0.6) is 0 Å². The zero-order valence-electron chi connectivity index (χ0n) is 15.7. The minimum Gasteiger partial charge on any atom is -0.377 e. The summed E-state index contributed by atoms with van der Waals surface area (Å²) in [7, 11) is 0. The van der Waals surface area contributed by atoms with E-state index in [-0.39, 0.29) is 34.7 Å². The van der Waals surface area contributed by atoms with E-state index >= 15 is 0 Å². The van der Waals surface area contributed by atoms with Crippen LogP contribution in [0.3, 0.4) is 0 Å². The Balaban J connectivity index is 1.79. The first-order chi connectivity index (χ1) is 14.7. The number of carbonyl (C=O) groups is 1. The molecule has 1 unspecified atom stereocenters. The van der Waals surface area contributed by atoms with Crippen LogP contribution in [-0.4, -0.2) is 47.6 Å². The van der Waals surface area contributed by atoms with Crippen LogP contribution >= 0.6 is 11.6 Å². The normalized spacial score (nSPS) is 17.1. The Morgan fingerprint density at radius 3 is 2.84 bits per heavy atom. The molecule has 1 aliphatic rings. The summed E-state index contributed by atoms with van der Waals surface area (Å²) in [6.45, 7) is 1.29. The average molecular weight is 466 g/mol. The average Bonchev–Trinajstić information content (AvgIpc) is 3.39. The number of hydrogen-bond acceptors (Lipinski definition) is 8. The summed E-state index contributed by atoms with van der Waals surface area (Å²) in [6.07, 6.45) is -3.39. The predicted octanol–water partition coefficient (Wildman–Crippen LogP) is 3.01. The molecule has 1 atom stereocenters. The van der Waals surface area contributed by atoms with Gasteiger partial charge in [-0.25, -0.2) is 13.8 Å². The van der Waals surface area contributed by atoms with Gasteiger partial charge in [-0.3, -0.25) is 0 Å². The molecule has 0 bridgehead atoms. The number of nitrogens with one attached hydrogen (secondary N) is 2. The van der Waals surface area contributed by atoms with Gasteiger partial charge >= 0.3 is 12.1 Å². The van der Waals surface area contributed by atoms with Crippen molar-refractivity contribution in [3.63, 3.8) is 0 Å². The van der Waals surface area contributed by atoms with Gasteiger partial charge in [0.1, 0.15) is 11.5 Å². The van der Waals surface area contributed by atoms with E-state index in [1.807, 2.05) is 0 Å². The zero-order chi connectivity index (χ0) is 22.4. The molecule has 1 aliphatic heterocycles. The van der Waals surface area contributed by atoms with Crippen molar-refractivity contribution in [2.75, 3.05) is 18.5 Å². The van der Waals surface area contributed by atoms with Gasteiger partial charge in [0.25, 0.3) is 0 Å². The number of rotatable bonds is 7. The van der Waals surface area contributed by atoms with E-state index in [2.05, 4.69) is 35.6 Å². The monoisotopic (exact) mass is 465 g/mol. The third kappa shape index (κ3) is 6.35. The molecule has 168 valence electrons. The maximum absolute atomic E-state index is 13.4. The maximum Gasteiger partial charge on any atom is 0.493 e. The molecule has 1 saturated heterocycles. The second-order valence-electron chi connectivity index (χ2n) is 6.40. The Kier molecular flexibility index (Phi) is 7.41. The van der Waals surface area contributed by atoms with Crippen LogP contribution in [0.1, 0.15) is 24.2 Å². The molecule has 0 aliphatic carbocycles. The van der Waals surface area contributed by atoms with Crippen LogP contribution in [-0.2, 0) is 20.9 Å². The number of ether oxygens (including phenoxy) is 1. The molecule has 3 rings (SSSR count). The Bertz CT molecular complexity index is 947. The van der Waals surface area contributed by atoms with Crippen molar-refractivity contribution in [1.82, 2.24) is 15.6 Å². The molecular formula is C17H16ClF4N5O4. The van der Waals surface area contributed by atoms with Crippen molar-refractivity contribution in [3.05, 3.63) is 40.4 Å². The molecule has 31 heavy (non-hydrogen) atoms. The number of benzene rings is 1. The Morgan fingerprint density at radius 1 is 1.35 bits per heavy atom. The number of alkyl halides is 3. The van der Waals surface area contributed by atoms with Gasteiger partial charge in [-0.2, -0.15) is 13.2 Å². The Hall–Kier alpha value is -2.77. The van der Waals surface area contributed by atoms with Crippen molar-refractivity contribution >= 4 is 29.1 Å².